The van der Waals surface area contributed by atoms with Gasteiger partial charge in [-0.1, -0.05) is 30.7 Å². The summed E-state index contributed by atoms with van der Waals surface area (Å²) >= 11 is 11.0. The summed E-state index contributed by atoms with van der Waals surface area (Å²) in [4.78, 5) is 1.16. The predicted molar refractivity (Wildman–Crippen MR) is 83.7 cm³/mol. The molecule has 0 saturated carbocycles. The highest BCUT2D eigenvalue weighted by atomic mass is 79.9. The van der Waals surface area contributed by atoms with E-state index in [1.165, 1.54) is 0 Å². The second-order valence-corrected chi connectivity index (χ2v) is 7.24. The van der Waals surface area contributed by atoms with Crippen LogP contribution in [0, 0.1) is 12.7 Å². The molecule has 19 heavy (non-hydrogen) atoms. The van der Waals surface area contributed by atoms with Crippen LogP contribution in [0.25, 0.3) is 0 Å². The largest absolute Gasteiger partial charge is 0.306 e. The first-order chi connectivity index (χ1) is 9.04. The molecule has 0 amide bonds. The molecule has 1 heterocycles. The van der Waals surface area contributed by atoms with E-state index in [1.54, 1.807) is 29.5 Å². The normalized spacial score (nSPS) is 12.7. The highest BCUT2D eigenvalue weighted by Crippen LogP contribution is 2.35. The van der Waals surface area contributed by atoms with Crippen molar-refractivity contribution in [2.45, 2.75) is 19.9 Å². The Morgan fingerprint density at radius 2 is 2.16 bits per heavy atom. The van der Waals surface area contributed by atoms with E-state index < -0.39 is 0 Å². The fraction of sp³-hybridized carbons (Fsp3) is 0.286. The van der Waals surface area contributed by atoms with Crippen molar-refractivity contribution in [1.29, 1.82) is 0 Å². The van der Waals surface area contributed by atoms with Crippen LogP contribution in [-0.4, -0.2) is 6.54 Å². The van der Waals surface area contributed by atoms with Crippen LogP contribution in [0.5, 0.6) is 0 Å². The number of hydrogen-bond donors (Lipinski definition) is 1. The molecule has 0 aliphatic heterocycles. The van der Waals surface area contributed by atoms with Gasteiger partial charge in [-0.15, -0.1) is 11.3 Å². The van der Waals surface area contributed by atoms with Crippen LogP contribution >= 0.6 is 38.9 Å². The fourth-order valence-corrected chi connectivity index (χ4v) is 4.01. The maximum atomic E-state index is 14.2. The summed E-state index contributed by atoms with van der Waals surface area (Å²) in [6.45, 7) is 4.80. The van der Waals surface area contributed by atoms with Gasteiger partial charge in [-0.05, 0) is 47.1 Å². The van der Waals surface area contributed by atoms with E-state index in [0.717, 1.165) is 20.8 Å². The van der Waals surface area contributed by atoms with E-state index in [0.29, 0.717) is 5.56 Å². The van der Waals surface area contributed by atoms with Gasteiger partial charge in [0.05, 0.1) is 14.9 Å². The molecule has 1 aromatic carbocycles. The van der Waals surface area contributed by atoms with E-state index in [9.17, 15) is 4.39 Å². The van der Waals surface area contributed by atoms with Crippen LogP contribution in [-0.2, 0) is 0 Å². The van der Waals surface area contributed by atoms with E-state index in [1.807, 2.05) is 19.9 Å². The zero-order valence-electron chi connectivity index (χ0n) is 10.6. The van der Waals surface area contributed by atoms with E-state index in [4.69, 9.17) is 11.6 Å². The second kappa shape index (κ2) is 6.35. The van der Waals surface area contributed by atoms with Crippen molar-refractivity contribution >= 4 is 38.9 Å². The highest BCUT2D eigenvalue weighted by molar-refractivity contribution is 9.11. The van der Waals surface area contributed by atoms with Crippen molar-refractivity contribution in [3.05, 3.63) is 54.9 Å². The molecule has 1 unspecified atom stereocenters. The van der Waals surface area contributed by atoms with E-state index >= 15 is 0 Å². The Hall–Kier alpha value is -0.420. The molecular formula is C14H14BrClFNS. The summed E-state index contributed by atoms with van der Waals surface area (Å²) in [5.41, 5.74) is 1.67. The van der Waals surface area contributed by atoms with Gasteiger partial charge in [0.25, 0.3) is 0 Å². The standard InChI is InChI=1S/C14H14BrClFNS/c1-3-18-14(10-7-12(15)19-8(10)2)9-5-4-6-11(16)13(9)17/h4-7,14,18H,3H2,1-2H3. The second-order valence-electron chi connectivity index (χ2n) is 4.20. The third-order valence-corrected chi connectivity index (χ3v) is 4.80. The number of aryl methyl sites for hydroxylation is 1. The molecule has 2 rings (SSSR count). The van der Waals surface area contributed by atoms with Crippen molar-refractivity contribution in [1.82, 2.24) is 5.32 Å². The number of hydrogen-bond acceptors (Lipinski definition) is 2. The molecule has 1 N–H and O–H groups in total. The summed E-state index contributed by atoms with van der Waals surface area (Å²) < 4.78 is 15.3. The first-order valence-corrected chi connectivity index (χ1v) is 7.96. The maximum Gasteiger partial charge on any atom is 0.146 e. The van der Waals surface area contributed by atoms with Crippen LogP contribution in [0.3, 0.4) is 0 Å². The average molecular weight is 363 g/mol. The van der Waals surface area contributed by atoms with Gasteiger partial charge in [-0.25, -0.2) is 4.39 Å². The zero-order chi connectivity index (χ0) is 14.0. The Kier molecular flexibility index (Phi) is 5.01. The molecule has 2 aromatic rings. The van der Waals surface area contributed by atoms with Crippen LogP contribution in [0.2, 0.25) is 5.02 Å². The third-order valence-electron chi connectivity index (χ3n) is 2.94. The van der Waals surface area contributed by atoms with Gasteiger partial charge in [0.1, 0.15) is 5.82 Å². The smallest absolute Gasteiger partial charge is 0.146 e. The fourth-order valence-electron chi connectivity index (χ4n) is 2.08. The van der Waals surface area contributed by atoms with Crippen molar-refractivity contribution < 1.29 is 4.39 Å². The van der Waals surface area contributed by atoms with Gasteiger partial charge in [0.2, 0.25) is 0 Å². The molecule has 0 saturated heterocycles. The average Bonchev–Trinajstić information content (AvgIpc) is 2.69. The van der Waals surface area contributed by atoms with Crippen LogP contribution in [0.1, 0.15) is 29.0 Å². The molecule has 1 aromatic heterocycles. The SMILES string of the molecule is CCNC(c1cc(Br)sc1C)c1cccc(Cl)c1F. The topological polar surface area (TPSA) is 12.0 Å². The third kappa shape index (κ3) is 3.19. The molecule has 5 heteroatoms. The van der Waals surface area contributed by atoms with Crippen molar-refractivity contribution in [2.24, 2.45) is 0 Å². The molecule has 1 atom stereocenters. The number of benzene rings is 1. The Morgan fingerprint density at radius 3 is 2.74 bits per heavy atom. The van der Waals surface area contributed by atoms with E-state index in [-0.39, 0.29) is 16.9 Å². The Balaban J connectivity index is 2.51. The Morgan fingerprint density at radius 1 is 1.42 bits per heavy atom. The van der Waals surface area contributed by atoms with Gasteiger partial charge >= 0.3 is 0 Å². The molecule has 0 aliphatic carbocycles. The first kappa shape index (κ1) is 15.0. The summed E-state index contributed by atoms with van der Waals surface area (Å²) in [5, 5.41) is 3.48. The van der Waals surface area contributed by atoms with Gasteiger partial charge in [0, 0.05) is 10.4 Å². The molecule has 102 valence electrons. The molecule has 0 bridgehead atoms. The predicted octanol–water partition coefficient (Wildman–Crippen LogP) is 5.31. The van der Waals surface area contributed by atoms with Crippen molar-refractivity contribution in [3.8, 4) is 0 Å². The lowest BCUT2D eigenvalue weighted by atomic mass is 9.99. The van der Waals surface area contributed by atoms with E-state index in [2.05, 4.69) is 21.2 Å². The molecular weight excluding hydrogens is 349 g/mol. The first-order valence-electron chi connectivity index (χ1n) is 5.97. The minimum atomic E-state index is -0.350. The lowest BCUT2D eigenvalue weighted by Crippen LogP contribution is -2.23. The van der Waals surface area contributed by atoms with Crippen LogP contribution in [0.15, 0.2) is 28.1 Å². The maximum absolute atomic E-state index is 14.2. The lowest BCUT2D eigenvalue weighted by molar-refractivity contribution is 0.559. The van der Waals surface area contributed by atoms with Gasteiger partial charge in [-0.2, -0.15) is 0 Å². The Labute approximate surface area is 129 Å². The molecule has 0 radical (unpaired) electrons. The van der Waals surface area contributed by atoms with Gasteiger partial charge in [-0.3, -0.25) is 0 Å². The van der Waals surface area contributed by atoms with Crippen molar-refractivity contribution in [3.63, 3.8) is 0 Å². The summed E-state index contributed by atoms with van der Waals surface area (Å²) in [6.07, 6.45) is 0. The van der Waals surface area contributed by atoms with Gasteiger partial charge < -0.3 is 5.32 Å². The van der Waals surface area contributed by atoms with Gasteiger partial charge in [0.15, 0.2) is 0 Å². The Bertz CT molecular complexity index is 585. The van der Waals surface area contributed by atoms with Crippen LogP contribution < -0.4 is 5.32 Å². The quantitative estimate of drug-likeness (QED) is 0.777. The molecule has 1 nitrogen and oxygen atoms in total. The minimum absolute atomic E-state index is 0.160. The number of nitrogens with one attached hydrogen (secondary N) is 1. The number of rotatable bonds is 4. The zero-order valence-corrected chi connectivity index (χ0v) is 13.8. The molecule has 0 fully saturated rings. The monoisotopic (exact) mass is 361 g/mol. The van der Waals surface area contributed by atoms with Crippen LogP contribution in [0.4, 0.5) is 4.39 Å². The van der Waals surface area contributed by atoms with Crippen molar-refractivity contribution in [2.75, 3.05) is 6.54 Å². The summed E-state index contributed by atoms with van der Waals surface area (Å²) in [6, 6.07) is 6.99. The highest BCUT2D eigenvalue weighted by Gasteiger charge is 2.21. The minimum Gasteiger partial charge on any atom is -0.306 e. The summed E-state index contributed by atoms with van der Waals surface area (Å²) in [5.74, 6) is -0.350. The summed E-state index contributed by atoms with van der Waals surface area (Å²) in [7, 11) is 0. The molecule has 0 spiro atoms. The number of thiophene rings is 1. The lowest BCUT2D eigenvalue weighted by Gasteiger charge is -2.19. The molecule has 0 aliphatic rings. The number of halogens is 3.